The Kier molecular flexibility index (Phi) is 4.43. The molecule has 1 saturated heterocycles. The van der Waals surface area contributed by atoms with Gasteiger partial charge in [-0.2, -0.15) is 5.26 Å². The molecule has 0 bridgehead atoms. The highest BCUT2D eigenvalue weighted by Gasteiger charge is 2.40. The zero-order chi connectivity index (χ0) is 13.9. The van der Waals surface area contributed by atoms with E-state index in [1.54, 1.807) is 0 Å². The van der Waals surface area contributed by atoms with Crippen LogP contribution in [0.1, 0.15) is 25.7 Å². The molecule has 106 valence electrons. The molecular weight excluding hydrogens is 242 g/mol. The van der Waals surface area contributed by atoms with E-state index in [1.807, 2.05) is 23.9 Å². The summed E-state index contributed by atoms with van der Waals surface area (Å²) >= 11 is 0. The number of morpholine rings is 1. The quantitative estimate of drug-likeness (QED) is 0.743. The SMILES string of the molecule is CN(C)C1(C#N)CCC(C(=O)N2CCOCC2)CC1. The van der Waals surface area contributed by atoms with Crippen molar-refractivity contribution in [3.8, 4) is 6.07 Å². The van der Waals surface area contributed by atoms with Crippen molar-refractivity contribution in [3.63, 3.8) is 0 Å². The summed E-state index contributed by atoms with van der Waals surface area (Å²) in [6, 6.07) is 2.44. The zero-order valence-electron chi connectivity index (χ0n) is 11.9. The predicted octanol–water partition coefficient (Wildman–Crippen LogP) is 0.859. The summed E-state index contributed by atoms with van der Waals surface area (Å²) in [5, 5.41) is 9.38. The topological polar surface area (TPSA) is 56.6 Å². The molecule has 0 unspecified atom stereocenters. The summed E-state index contributed by atoms with van der Waals surface area (Å²) in [5.74, 6) is 0.355. The lowest BCUT2D eigenvalue weighted by Gasteiger charge is -2.40. The van der Waals surface area contributed by atoms with Crippen LogP contribution in [-0.2, 0) is 9.53 Å². The average Bonchev–Trinajstić information content (AvgIpc) is 2.47. The molecule has 5 heteroatoms. The van der Waals surface area contributed by atoms with E-state index in [4.69, 9.17) is 4.74 Å². The Labute approximate surface area is 115 Å². The van der Waals surface area contributed by atoms with Gasteiger partial charge in [0.1, 0.15) is 5.54 Å². The molecule has 0 aromatic heterocycles. The van der Waals surface area contributed by atoms with E-state index in [0.717, 1.165) is 25.7 Å². The van der Waals surface area contributed by atoms with Crippen LogP contribution in [0.2, 0.25) is 0 Å². The van der Waals surface area contributed by atoms with Crippen LogP contribution in [0.3, 0.4) is 0 Å². The highest BCUT2D eigenvalue weighted by atomic mass is 16.5. The minimum Gasteiger partial charge on any atom is -0.378 e. The van der Waals surface area contributed by atoms with E-state index in [1.165, 1.54) is 0 Å². The minimum atomic E-state index is -0.373. The van der Waals surface area contributed by atoms with Gasteiger partial charge in [0, 0.05) is 19.0 Å². The van der Waals surface area contributed by atoms with E-state index in [0.29, 0.717) is 26.3 Å². The van der Waals surface area contributed by atoms with Gasteiger partial charge < -0.3 is 9.64 Å². The van der Waals surface area contributed by atoms with Crippen molar-refractivity contribution in [2.45, 2.75) is 31.2 Å². The lowest BCUT2D eigenvalue weighted by molar-refractivity contribution is -0.141. The molecule has 0 aromatic rings. The third kappa shape index (κ3) is 2.90. The smallest absolute Gasteiger partial charge is 0.225 e. The average molecular weight is 265 g/mol. The Balaban J connectivity index is 1.92. The monoisotopic (exact) mass is 265 g/mol. The van der Waals surface area contributed by atoms with Gasteiger partial charge in [0.25, 0.3) is 0 Å². The Hall–Kier alpha value is -1.12. The fourth-order valence-electron chi connectivity index (χ4n) is 3.04. The van der Waals surface area contributed by atoms with E-state index in [9.17, 15) is 10.1 Å². The van der Waals surface area contributed by atoms with Gasteiger partial charge in [-0.05, 0) is 39.8 Å². The molecule has 0 spiro atoms. The van der Waals surface area contributed by atoms with Gasteiger partial charge in [-0.15, -0.1) is 0 Å². The molecule has 2 fully saturated rings. The maximum Gasteiger partial charge on any atom is 0.225 e. The van der Waals surface area contributed by atoms with Crippen molar-refractivity contribution < 1.29 is 9.53 Å². The van der Waals surface area contributed by atoms with Crippen molar-refractivity contribution in [2.24, 2.45) is 5.92 Å². The van der Waals surface area contributed by atoms with Crippen molar-refractivity contribution in [1.29, 1.82) is 5.26 Å². The second kappa shape index (κ2) is 5.89. The number of amides is 1. The van der Waals surface area contributed by atoms with Crippen LogP contribution in [-0.4, -0.2) is 61.6 Å². The molecule has 0 atom stereocenters. The van der Waals surface area contributed by atoms with Crippen molar-refractivity contribution in [3.05, 3.63) is 0 Å². The number of nitrogens with zero attached hydrogens (tertiary/aromatic N) is 3. The highest BCUT2D eigenvalue weighted by Crippen LogP contribution is 2.35. The van der Waals surface area contributed by atoms with Crippen LogP contribution in [0.5, 0.6) is 0 Å². The molecular formula is C14H23N3O2. The Morgan fingerprint density at radius 2 is 1.89 bits per heavy atom. The number of carbonyl (C=O) groups excluding carboxylic acids is 1. The van der Waals surface area contributed by atoms with Crippen LogP contribution in [0.15, 0.2) is 0 Å². The van der Waals surface area contributed by atoms with E-state index in [-0.39, 0.29) is 17.4 Å². The van der Waals surface area contributed by atoms with E-state index in [2.05, 4.69) is 6.07 Å². The van der Waals surface area contributed by atoms with Gasteiger partial charge in [-0.3, -0.25) is 9.69 Å². The third-order valence-electron chi connectivity index (χ3n) is 4.55. The predicted molar refractivity (Wildman–Crippen MR) is 71.4 cm³/mol. The molecule has 1 aliphatic heterocycles. The maximum absolute atomic E-state index is 12.4. The Bertz CT molecular complexity index is 361. The normalized spacial score (nSPS) is 32.1. The van der Waals surface area contributed by atoms with Gasteiger partial charge in [0.05, 0.1) is 19.3 Å². The number of nitriles is 1. The maximum atomic E-state index is 12.4. The number of rotatable bonds is 2. The second-order valence-corrected chi connectivity index (χ2v) is 5.75. The Morgan fingerprint density at radius 3 is 2.37 bits per heavy atom. The molecule has 1 saturated carbocycles. The largest absolute Gasteiger partial charge is 0.378 e. The van der Waals surface area contributed by atoms with Crippen LogP contribution >= 0.6 is 0 Å². The molecule has 19 heavy (non-hydrogen) atoms. The highest BCUT2D eigenvalue weighted by molar-refractivity contribution is 5.79. The fraction of sp³-hybridized carbons (Fsp3) is 0.857. The number of ether oxygens (including phenoxy) is 1. The molecule has 2 rings (SSSR count). The Morgan fingerprint density at radius 1 is 1.32 bits per heavy atom. The summed E-state index contributed by atoms with van der Waals surface area (Å²) in [5.41, 5.74) is -0.373. The number of hydrogen-bond donors (Lipinski definition) is 0. The summed E-state index contributed by atoms with van der Waals surface area (Å²) in [6.45, 7) is 2.73. The number of carbonyl (C=O) groups is 1. The van der Waals surface area contributed by atoms with Crippen molar-refractivity contribution in [1.82, 2.24) is 9.80 Å². The minimum absolute atomic E-state index is 0.0968. The molecule has 2 aliphatic rings. The van der Waals surface area contributed by atoms with Crippen LogP contribution in [0.4, 0.5) is 0 Å². The molecule has 1 amide bonds. The van der Waals surface area contributed by atoms with Gasteiger partial charge in [0.2, 0.25) is 5.91 Å². The lowest BCUT2D eigenvalue weighted by Crippen LogP contribution is -2.49. The molecule has 1 heterocycles. The summed E-state index contributed by atoms with van der Waals surface area (Å²) < 4.78 is 5.28. The second-order valence-electron chi connectivity index (χ2n) is 5.75. The van der Waals surface area contributed by atoms with Gasteiger partial charge >= 0.3 is 0 Å². The summed E-state index contributed by atoms with van der Waals surface area (Å²) in [7, 11) is 3.90. The molecule has 0 radical (unpaired) electrons. The third-order valence-corrected chi connectivity index (χ3v) is 4.55. The van der Waals surface area contributed by atoms with Crippen molar-refractivity contribution >= 4 is 5.91 Å². The zero-order valence-corrected chi connectivity index (χ0v) is 11.9. The van der Waals surface area contributed by atoms with Crippen LogP contribution in [0.25, 0.3) is 0 Å². The first-order valence-electron chi connectivity index (χ1n) is 7.04. The van der Waals surface area contributed by atoms with E-state index < -0.39 is 0 Å². The molecule has 1 aliphatic carbocycles. The first kappa shape index (κ1) is 14.3. The van der Waals surface area contributed by atoms with Crippen LogP contribution < -0.4 is 0 Å². The first-order chi connectivity index (χ1) is 9.09. The van der Waals surface area contributed by atoms with E-state index >= 15 is 0 Å². The molecule has 0 N–H and O–H groups in total. The standard InChI is InChI=1S/C14H23N3O2/c1-16(2)14(11-15)5-3-12(4-6-14)13(18)17-7-9-19-10-8-17/h12H,3-10H2,1-2H3. The molecule has 0 aromatic carbocycles. The molecule has 5 nitrogen and oxygen atoms in total. The summed E-state index contributed by atoms with van der Waals surface area (Å²) in [6.07, 6.45) is 3.22. The van der Waals surface area contributed by atoms with Gasteiger partial charge in [0.15, 0.2) is 0 Å². The first-order valence-corrected chi connectivity index (χ1v) is 7.04. The lowest BCUT2D eigenvalue weighted by atomic mass is 9.76. The fourth-order valence-corrected chi connectivity index (χ4v) is 3.04. The van der Waals surface area contributed by atoms with Gasteiger partial charge in [-0.25, -0.2) is 0 Å². The van der Waals surface area contributed by atoms with Gasteiger partial charge in [-0.1, -0.05) is 0 Å². The van der Waals surface area contributed by atoms with Crippen molar-refractivity contribution in [2.75, 3.05) is 40.4 Å². The van der Waals surface area contributed by atoms with Crippen LogP contribution in [0, 0.1) is 17.2 Å². The number of hydrogen-bond acceptors (Lipinski definition) is 4. The summed E-state index contributed by atoms with van der Waals surface area (Å²) in [4.78, 5) is 16.3.